The minimum absolute atomic E-state index is 0.0629. The highest BCUT2D eigenvalue weighted by molar-refractivity contribution is 5.78. The van der Waals surface area contributed by atoms with Crippen LogP contribution in [0.25, 0.3) is 10.9 Å². The number of piperazine rings is 1. The van der Waals surface area contributed by atoms with Gasteiger partial charge < -0.3 is 4.90 Å². The van der Waals surface area contributed by atoms with Gasteiger partial charge in [0, 0.05) is 32.7 Å². The minimum Gasteiger partial charge on any atom is -0.340 e. The second-order valence-electron chi connectivity index (χ2n) is 6.47. The molecule has 1 fully saturated rings. The summed E-state index contributed by atoms with van der Waals surface area (Å²) in [5.41, 5.74) is 2.07. The maximum atomic E-state index is 12.2. The van der Waals surface area contributed by atoms with Crippen LogP contribution >= 0.6 is 0 Å². The molecule has 128 valence electrons. The van der Waals surface area contributed by atoms with Crippen LogP contribution in [0.1, 0.15) is 5.56 Å². The molecule has 5 heteroatoms. The monoisotopic (exact) mass is 334 g/mol. The van der Waals surface area contributed by atoms with Crippen molar-refractivity contribution in [2.75, 3.05) is 37.6 Å². The molecule has 0 amide bonds. The number of H-pyrrole nitrogens is 1. The predicted octanol–water partition coefficient (Wildman–Crippen LogP) is 2.29. The van der Waals surface area contributed by atoms with Gasteiger partial charge in [0.1, 0.15) is 0 Å². The molecule has 25 heavy (non-hydrogen) atoms. The van der Waals surface area contributed by atoms with E-state index in [-0.39, 0.29) is 5.56 Å². The Labute approximate surface area is 146 Å². The average Bonchev–Trinajstić information content (AvgIpc) is 2.68. The first kappa shape index (κ1) is 15.8. The van der Waals surface area contributed by atoms with Gasteiger partial charge in [-0.15, -0.1) is 0 Å². The van der Waals surface area contributed by atoms with E-state index in [9.17, 15) is 4.79 Å². The molecule has 0 spiro atoms. The first-order valence-electron chi connectivity index (χ1n) is 8.80. The lowest BCUT2D eigenvalue weighted by Gasteiger charge is -2.35. The molecule has 2 heterocycles. The van der Waals surface area contributed by atoms with Gasteiger partial charge in [-0.25, -0.2) is 4.98 Å². The molecule has 0 unspecified atom stereocenters. The quantitative estimate of drug-likeness (QED) is 0.795. The van der Waals surface area contributed by atoms with E-state index in [1.165, 1.54) is 5.56 Å². The Kier molecular flexibility index (Phi) is 4.48. The zero-order valence-electron chi connectivity index (χ0n) is 14.2. The number of aromatic amines is 1. The van der Waals surface area contributed by atoms with Crippen LogP contribution in [-0.2, 0) is 6.42 Å². The topological polar surface area (TPSA) is 52.2 Å². The first-order chi connectivity index (χ1) is 12.3. The Hall–Kier alpha value is -2.66. The molecule has 0 atom stereocenters. The van der Waals surface area contributed by atoms with Gasteiger partial charge in [-0.05, 0) is 24.1 Å². The molecule has 0 radical (unpaired) electrons. The normalized spacial score (nSPS) is 15.6. The molecule has 3 aromatic rings. The molecule has 1 aliphatic heterocycles. The molecule has 0 saturated carbocycles. The predicted molar refractivity (Wildman–Crippen MR) is 101 cm³/mol. The number of hydrogen-bond acceptors (Lipinski definition) is 4. The van der Waals surface area contributed by atoms with E-state index in [1.807, 2.05) is 24.3 Å². The van der Waals surface area contributed by atoms with Gasteiger partial charge in [-0.3, -0.25) is 14.7 Å². The Morgan fingerprint density at radius 2 is 1.64 bits per heavy atom. The van der Waals surface area contributed by atoms with E-state index in [2.05, 4.69) is 50.1 Å². The smallest absolute Gasteiger partial charge is 0.260 e. The molecule has 4 rings (SSSR count). The van der Waals surface area contributed by atoms with Gasteiger partial charge >= 0.3 is 0 Å². The lowest BCUT2D eigenvalue weighted by Crippen LogP contribution is -2.47. The third-order valence-electron chi connectivity index (χ3n) is 4.83. The molecule has 1 aliphatic rings. The second kappa shape index (κ2) is 7.07. The van der Waals surface area contributed by atoms with Crippen LogP contribution in [0.15, 0.2) is 59.4 Å². The van der Waals surface area contributed by atoms with Crippen LogP contribution in [0, 0.1) is 0 Å². The molecule has 1 aromatic heterocycles. The highest BCUT2D eigenvalue weighted by Gasteiger charge is 2.19. The Bertz CT molecular complexity index is 898. The fraction of sp³-hybridized carbons (Fsp3) is 0.300. The summed E-state index contributed by atoms with van der Waals surface area (Å²) in [7, 11) is 0. The van der Waals surface area contributed by atoms with Gasteiger partial charge in [-0.2, -0.15) is 0 Å². The van der Waals surface area contributed by atoms with Gasteiger partial charge in [0.15, 0.2) is 0 Å². The molecule has 0 bridgehead atoms. The largest absolute Gasteiger partial charge is 0.340 e. The number of fused-ring (bicyclic) bond motifs is 1. The van der Waals surface area contributed by atoms with Crippen LogP contribution in [-0.4, -0.2) is 47.6 Å². The van der Waals surface area contributed by atoms with E-state index in [0.717, 1.165) is 44.7 Å². The SMILES string of the molecule is O=c1[nH]c(N2CCN(CCc3ccccc3)CC2)nc2ccccc12. The van der Waals surface area contributed by atoms with Gasteiger partial charge in [0.05, 0.1) is 10.9 Å². The highest BCUT2D eigenvalue weighted by Crippen LogP contribution is 2.14. The second-order valence-corrected chi connectivity index (χ2v) is 6.47. The van der Waals surface area contributed by atoms with Crippen LogP contribution in [0.4, 0.5) is 5.95 Å². The lowest BCUT2D eigenvalue weighted by molar-refractivity contribution is 0.260. The summed E-state index contributed by atoms with van der Waals surface area (Å²) in [6.07, 6.45) is 1.08. The van der Waals surface area contributed by atoms with Crippen molar-refractivity contribution in [3.05, 3.63) is 70.5 Å². The summed E-state index contributed by atoms with van der Waals surface area (Å²) < 4.78 is 0. The zero-order valence-corrected chi connectivity index (χ0v) is 14.2. The number of rotatable bonds is 4. The molecular weight excluding hydrogens is 312 g/mol. The summed E-state index contributed by atoms with van der Waals surface area (Å²) in [6, 6.07) is 18.1. The lowest BCUT2D eigenvalue weighted by atomic mass is 10.1. The number of benzene rings is 2. The number of nitrogens with zero attached hydrogens (tertiary/aromatic N) is 3. The van der Waals surface area contributed by atoms with Crippen LogP contribution < -0.4 is 10.5 Å². The van der Waals surface area contributed by atoms with Crippen molar-refractivity contribution in [3.8, 4) is 0 Å². The summed E-state index contributed by atoms with van der Waals surface area (Å²) in [5, 5.41) is 0.646. The number of hydrogen-bond donors (Lipinski definition) is 1. The Morgan fingerprint density at radius 3 is 2.44 bits per heavy atom. The Morgan fingerprint density at radius 1 is 0.920 bits per heavy atom. The summed E-state index contributed by atoms with van der Waals surface area (Å²) in [5.74, 6) is 0.686. The Balaban J connectivity index is 1.39. The van der Waals surface area contributed by atoms with Crippen molar-refractivity contribution < 1.29 is 0 Å². The van der Waals surface area contributed by atoms with Crippen molar-refractivity contribution in [2.24, 2.45) is 0 Å². The maximum absolute atomic E-state index is 12.2. The van der Waals surface area contributed by atoms with E-state index in [0.29, 0.717) is 11.3 Å². The highest BCUT2D eigenvalue weighted by atomic mass is 16.1. The van der Waals surface area contributed by atoms with Crippen LogP contribution in [0.2, 0.25) is 0 Å². The van der Waals surface area contributed by atoms with Crippen molar-refractivity contribution >= 4 is 16.9 Å². The van der Waals surface area contributed by atoms with Gasteiger partial charge in [0.25, 0.3) is 5.56 Å². The van der Waals surface area contributed by atoms with Crippen molar-refractivity contribution in [1.29, 1.82) is 0 Å². The summed E-state index contributed by atoms with van der Waals surface area (Å²) in [4.78, 5) is 24.4. The van der Waals surface area contributed by atoms with E-state index < -0.39 is 0 Å². The van der Waals surface area contributed by atoms with Gasteiger partial charge in [0.2, 0.25) is 5.95 Å². The van der Waals surface area contributed by atoms with Crippen molar-refractivity contribution in [1.82, 2.24) is 14.9 Å². The van der Waals surface area contributed by atoms with E-state index >= 15 is 0 Å². The molecule has 2 aromatic carbocycles. The number of nitrogens with one attached hydrogen (secondary N) is 1. The number of aromatic nitrogens is 2. The van der Waals surface area contributed by atoms with Crippen LogP contribution in [0.5, 0.6) is 0 Å². The molecule has 0 aliphatic carbocycles. The molecular formula is C20H22N4O. The zero-order chi connectivity index (χ0) is 17.1. The first-order valence-corrected chi connectivity index (χ1v) is 8.80. The summed E-state index contributed by atoms with van der Waals surface area (Å²) in [6.45, 7) is 4.82. The van der Waals surface area contributed by atoms with E-state index in [1.54, 1.807) is 0 Å². The molecule has 5 nitrogen and oxygen atoms in total. The fourth-order valence-electron chi connectivity index (χ4n) is 3.34. The molecule has 1 N–H and O–H groups in total. The van der Waals surface area contributed by atoms with Crippen molar-refractivity contribution in [2.45, 2.75) is 6.42 Å². The average molecular weight is 334 g/mol. The van der Waals surface area contributed by atoms with Gasteiger partial charge in [-0.1, -0.05) is 42.5 Å². The standard InChI is InChI=1S/C20H22N4O/c25-19-17-8-4-5-9-18(17)21-20(22-19)24-14-12-23(13-15-24)11-10-16-6-2-1-3-7-16/h1-9H,10-15H2,(H,21,22,25). The van der Waals surface area contributed by atoms with E-state index in [4.69, 9.17) is 0 Å². The minimum atomic E-state index is -0.0629. The fourth-order valence-corrected chi connectivity index (χ4v) is 3.34. The number of para-hydroxylation sites is 1. The van der Waals surface area contributed by atoms with Crippen molar-refractivity contribution in [3.63, 3.8) is 0 Å². The summed E-state index contributed by atoms with van der Waals surface area (Å²) >= 11 is 0. The number of anilines is 1. The molecule has 1 saturated heterocycles. The van der Waals surface area contributed by atoms with Crippen LogP contribution in [0.3, 0.4) is 0 Å². The third-order valence-corrected chi connectivity index (χ3v) is 4.83. The maximum Gasteiger partial charge on any atom is 0.260 e. The third kappa shape index (κ3) is 3.56.